The van der Waals surface area contributed by atoms with Crippen molar-refractivity contribution in [2.75, 3.05) is 0 Å². The molecule has 3 N–H and O–H groups in total. The van der Waals surface area contributed by atoms with Crippen LogP contribution in [0.1, 0.15) is 15.4 Å². The van der Waals surface area contributed by atoms with Crippen LogP contribution in [0.25, 0.3) is 10.7 Å². The summed E-state index contributed by atoms with van der Waals surface area (Å²) in [5, 5.41) is 0.793. The van der Waals surface area contributed by atoms with E-state index in [2.05, 4.69) is 9.97 Å². The molecule has 0 saturated carbocycles. The van der Waals surface area contributed by atoms with E-state index in [1.165, 1.54) is 11.3 Å². The van der Waals surface area contributed by atoms with E-state index in [1.54, 1.807) is 6.92 Å². The Morgan fingerprint density at radius 3 is 2.93 bits per heavy atom. The normalized spacial score (nSPS) is 10.4. The van der Waals surface area contributed by atoms with Crippen molar-refractivity contribution in [3.8, 4) is 10.7 Å². The van der Waals surface area contributed by atoms with Gasteiger partial charge in [0, 0.05) is 6.20 Å². The third kappa shape index (κ3) is 1.42. The van der Waals surface area contributed by atoms with E-state index in [0.717, 1.165) is 10.7 Å². The molecule has 72 valence electrons. The molecule has 14 heavy (non-hydrogen) atoms. The van der Waals surface area contributed by atoms with Gasteiger partial charge in [0.25, 0.3) is 5.91 Å². The van der Waals surface area contributed by atoms with Gasteiger partial charge >= 0.3 is 0 Å². The standard InChI is InChI=1S/C9H9N3OS/c1-5-7(8(10)13)14-9(12-5)6-3-2-4-11-6/h2-4,11H,1H3,(H2,10,13). The highest BCUT2D eigenvalue weighted by molar-refractivity contribution is 7.17. The third-order valence-corrected chi connectivity index (χ3v) is 3.05. The molecule has 0 aliphatic heterocycles. The minimum absolute atomic E-state index is 0.419. The maximum Gasteiger partial charge on any atom is 0.260 e. The molecule has 0 aromatic carbocycles. The van der Waals surface area contributed by atoms with Crippen LogP contribution in [0.4, 0.5) is 0 Å². The molecule has 0 fully saturated rings. The van der Waals surface area contributed by atoms with Crippen LogP contribution in [0.5, 0.6) is 0 Å². The van der Waals surface area contributed by atoms with E-state index < -0.39 is 5.91 Å². The summed E-state index contributed by atoms with van der Waals surface area (Å²) in [5.74, 6) is -0.419. The molecule has 2 heterocycles. The minimum Gasteiger partial charge on any atom is -0.365 e. The second-order valence-corrected chi connectivity index (χ2v) is 3.88. The number of amides is 1. The minimum atomic E-state index is -0.419. The molecule has 0 spiro atoms. The van der Waals surface area contributed by atoms with Crippen LogP contribution >= 0.6 is 11.3 Å². The highest BCUT2D eigenvalue weighted by Gasteiger charge is 2.13. The van der Waals surface area contributed by atoms with Crippen LogP contribution in [0, 0.1) is 6.92 Å². The summed E-state index contributed by atoms with van der Waals surface area (Å²) in [6.07, 6.45) is 1.82. The summed E-state index contributed by atoms with van der Waals surface area (Å²) in [6.45, 7) is 1.78. The molecule has 5 heteroatoms. The molecule has 2 aromatic rings. The predicted molar refractivity (Wildman–Crippen MR) is 55.2 cm³/mol. The summed E-state index contributed by atoms with van der Waals surface area (Å²) in [6, 6.07) is 3.79. The van der Waals surface area contributed by atoms with Crippen molar-refractivity contribution in [2.24, 2.45) is 5.73 Å². The lowest BCUT2D eigenvalue weighted by molar-refractivity contribution is 0.100. The fourth-order valence-electron chi connectivity index (χ4n) is 1.20. The predicted octanol–water partition coefficient (Wildman–Crippen LogP) is 1.55. The largest absolute Gasteiger partial charge is 0.365 e. The van der Waals surface area contributed by atoms with E-state index in [-0.39, 0.29) is 0 Å². The number of H-pyrrole nitrogens is 1. The zero-order valence-electron chi connectivity index (χ0n) is 7.57. The Hall–Kier alpha value is -1.62. The maximum absolute atomic E-state index is 11.0. The van der Waals surface area contributed by atoms with Gasteiger partial charge in [-0.3, -0.25) is 4.79 Å². The SMILES string of the molecule is Cc1nc(-c2ccc[nH]2)sc1C(N)=O. The Balaban J connectivity index is 2.48. The summed E-state index contributed by atoms with van der Waals surface area (Å²) in [7, 11) is 0. The van der Waals surface area contributed by atoms with Crippen molar-refractivity contribution in [3.05, 3.63) is 28.9 Å². The lowest BCUT2D eigenvalue weighted by atomic mass is 10.4. The lowest BCUT2D eigenvalue weighted by Gasteiger charge is -1.86. The molecule has 0 unspecified atom stereocenters. The first-order valence-corrected chi connectivity index (χ1v) is 4.91. The third-order valence-electron chi connectivity index (χ3n) is 1.85. The van der Waals surface area contributed by atoms with Crippen molar-refractivity contribution < 1.29 is 4.79 Å². The number of aromatic amines is 1. The average molecular weight is 207 g/mol. The Morgan fingerprint density at radius 2 is 2.43 bits per heavy atom. The van der Waals surface area contributed by atoms with E-state index >= 15 is 0 Å². The molecule has 2 aromatic heterocycles. The fraction of sp³-hybridized carbons (Fsp3) is 0.111. The molecule has 0 saturated heterocycles. The number of rotatable bonds is 2. The molecule has 0 radical (unpaired) electrons. The van der Waals surface area contributed by atoms with Gasteiger partial charge < -0.3 is 10.7 Å². The van der Waals surface area contributed by atoms with Gasteiger partial charge in [0.15, 0.2) is 0 Å². The quantitative estimate of drug-likeness (QED) is 0.784. The molecule has 0 aliphatic rings. The number of nitrogens with two attached hydrogens (primary N) is 1. The topological polar surface area (TPSA) is 71.8 Å². The fourth-order valence-corrected chi connectivity index (χ4v) is 2.11. The Labute approximate surface area is 84.8 Å². The number of aromatic nitrogens is 2. The Bertz CT molecular complexity index is 458. The average Bonchev–Trinajstić information content (AvgIpc) is 2.70. The zero-order chi connectivity index (χ0) is 10.1. The van der Waals surface area contributed by atoms with Crippen LogP contribution in [-0.4, -0.2) is 15.9 Å². The van der Waals surface area contributed by atoms with Crippen LogP contribution in [0.15, 0.2) is 18.3 Å². The lowest BCUT2D eigenvalue weighted by Crippen LogP contribution is -2.09. The number of nitrogens with one attached hydrogen (secondary N) is 1. The first kappa shape index (κ1) is 8.96. The number of thiazole rings is 1. The van der Waals surface area contributed by atoms with Crippen LogP contribution in [0.3, 0.4) is 0 Å². The van der Waals surface area contributed by atoms with E-state index in [9.17, 15) is 4.79 Å². The number of primary amides is 1. The van der Waals surface area contributed by atoms with Crippen molar-refractivity contribution in [1.29, 1.82) is 0 Å². The monoisotopic (exact) mass is 207 g/mol. The van der Waals surface area contributed by atoms with Gasteiger partial charge in [-0.2, -0.15) is 0 Å². The number of hydrogen-bond acceptors (Lipinski definition) is 3. The number of carbonyl (C=O) groups excluding carboxylic acids is 1. The molecule has 2 rings (SSSR count). The highest BCUT2D eigenvalue weighted by Crippen LogP contribution is 2.25. The van der Waals surface area contributed by atoms with Gasteiger partial charge in [0.1, 0.15) is 9.88 Å². The molecule has 1 amide bonds. The van der Waals surface area contributed by atoms with Crippen molar-refractivity contribution in [3.63, 3.8) is 0 Å². The number of hydrogen-bond donors (Lipinski definition) is 2. The van der Waals surface area contributed by atoms with Gasteiger partial charge in [-0.1, -0.05) is 0 Å². The molecular weight excluding hydrogens is 198 g/mol. The summed E-state index contributed by atoms with van der Waals surface area (Å²) < 4.78 is 0. The van der Waals surface area contributed by atoms with Gasteiger partial charge in [-0.25, -0.2) is 4.98 Å². The number of aryl methyl sites for hydroxylation is 1. The number of carbonyl (C=O) groups is 1. The van der Waals surface area contributed by atoms with Crippen LogP contribution in [-0.2, 0) is 0 Å². The Kier molecular flexibility index (Phi) is 2.09. The summed E-state index contributed by atoms with van der Waals surface area (Å²) in [4.78, 5) is 18.8. The van der Waals surface area contributed by atoms with Gasteiger partial charge in [-0.15, -0.1) is 11.3 Å². The van der Waals surface area contributed by atoms with E-state index in [4.69, 9.17) is 5.73 Å². The molecule has 4 nitrogen and oxygen atoms in total. The van der Waals surface area contributed by atoms with Crippen molar-refractivity contribution in [1.82, 2.24) is 9.97 Å². The maximum atomic E-state index is 11.0. The van der Waals surface area contributed by atoms with Gasteiger partial charge in [0.2, 0.25) is 0 Å². The summed E-state index contributed by atoms with van der Waals surface area (Å²) >= 11 is 1.31. The summed E-state index contributed by atoms with van der Waals surface area (Å²) in [5.41, 5.74) is 6.80. The second-order valence-electron chi connectivity index (χ2n) is 2.88. The van der Waals surface area contributed by atoms with Crippen LogP contribution < -0.4 is 5.73 Å². The molecule has 0 atom stereocenters. The first-order chi connectivity index (χ1) is 6.68. The molecule has 0 bridgehead atoms. The van der Waals surface area contributed by atoms with Gasteiger partial charge in [0.05, 0.1) is 11.4 Å². The van der Waals surface area contributed by atoms with Crippen LogP contribution in [0.2, 0.25) is 0 Å². The highest BCUT2D eigenvalue weighted by atomic mass is 32.1. The van der Waals surface area contributed by atoms with Crippen molar-refractivity contribution in [2.45, 2.75) is 6.92 Å². The molecule has 0 aliphatic carbocycles. The number of nitrogens with zero attached hydrogens (tertiary/aromatic N) is 1. The van der Waals surface area contributed by atoms with E-state index in [1.807, 2.05) is 18.3 Å². The second kappa shape index (κ2) is 3.26. The van der Waals surface area contributed by atoms with E-state index in [0.29, 0.717) is 10.6 Å². The Morgan fingerprint density at radius 1 is 1.64 bits per heavy atom. The smallest absolute Gasteiger partial charge is 0.260 e. The zero-order valence-corrected chi connectivity index (χ0v) is 8.39. The van der Waals surface area contributed by atoms with Crippen molar-refractivity contribution >= 4 is 17.2 Å². The molecular formula is C9H9N3OS. The van der Waals surface area contributed by atoms with Gasteiger partial charge in [-0.05, 0) is 19.1 Å². The first-order valence-electron chi connectivity index (χ1n) is 4.09.